The third-order valence-electron chi connectivity index (χ3n) is 3.06. The van der Waals surface area contributed by atoms with Crippen molar-refractivity contribution in [2.45, 2.75) is 25.8 Å². The van der Waals surface area contributed by atoms with Crippen LogP contribution < -0.4 is 14.8 Å². The normalized spacial score (nSPS) is 17.7. The van der Waals surface area contributed by atoms with Crippen molar-refractivity contribution in [2.75, 3.05) is 20.3 Å². The number of methoxy groups -OCH3 is 1. The van der Waals surface area contributed by atoms with E-state index in [1.807, 2.05) is 18.2 Å². The molecule has 2 rings (SSSR count). The van der Waals surface area contributed by atoms with Gasteiger partial charge < -0.3 is 19.5 Å². The van der Waals surface area contributed by atoms with Crippen molar-refractivity contribution >= 4 is 6.09 Å². The molecular formula is C14H19NO4. The monoisotopic (exact) mass is 265 g/mol. The molecule has 0 aliphatic carbocycles. The zero-order chi connectivity index (χ0) is 13.7. The maximum absolute atomic E-state index is 11.6. The van der Waals surface area contributed by atoms with Crippen LogP contribution in [0.5, 0.6) is 11.5 Å². The lowest BCUT2D eigenvalue weighted by molar-refractivity contribution is 0.147. The van der Waals surface area contributed by atoms with Gasteiger partial charge in [-0.25, -0.2) is 4.79 Å². The van der Waals surface area contributed by atoms with Gasteiger partial charge >= 0.3 is 6.09 Å². The molecule has 1 aromatic carbocycles. The highest BCUT2D eigenvalue weighted by molar-refractivity contribution is 5.68. The van der Waals surface area contributed by atoms with Gasteiger partial charge in [0, 0.05) is 11.6 Å². The van der Waals surface area contributed by atoms with E-state index >= 15 is 0 Å². The first-order valence-corrected chi connectivity index (χ1v) is 6.48. The van der Waals surface area contributed by atoms with Gasteiger partial charge in [-0.05, 0) is 31.9 Å². The fourth-order valence-corrected chi connectivity index (χ4v) is 2.14. The van der Waals surface area contributed by atoms with E-state index in [1.54, 1.807) is 14.0 Å². The number of ether oxygens (including phenoxy) is 3. The highest BCUT2D eigenvalue weighted by Gasteiger charge is 2.22. The summed E-state index contributed by atoms with van der Waals surface area (Å²) in [6.07, 6.45) is 1.32. The molecule has 1 aliphatic heterocycles. The van der Waals surface area contributed by atoms with E-state index in [2.05, 4.69) is 5.32 Å². The van der Waals surface area contributed by atoms with Crippen LogP contribution in [0.3, 0.4) is 0 Å². The molecule has 0 aromatic heterocycles. The standard InChI is InChI=1S/C14H19NO4/c1-3-18-14(16)15-12-5-4-8-19-13-9-10(17-2)6-7-11(12)13/h6-7,9,12H,3-5,8H2,1-2H3,(H,15,16). The predicted molar refractivity (Wildman–Crippen MR) is 70.6 cm³/mol. The van der Waals surface area contributed by atoms with Gasteiger partial charge in [0.1, 0.15) is 11.5 Å². The second-order valence-corrected chi connectivity index (χ2v) is 4.31. The Hall–Kier alpha value is -1.91. The number of carbonyl (C=O) groups is 1. The molecule has 0 saturated carbocycles. The molecule has 1 aliphatic rings. The quantitative estimate of drug-likeness (QED) is 0.912. The molecule has 1 atom stereocenters. The smallest absolute Gasteiger partial charge is 0.407 e. The fraction of sp³-hybridized carbons (Fsp3) is 0.500. The summed E-state index contributed by atoms with van der Waals surface area (Å²) in [6.45, 7) is 2.79. The van der Waals surface area contributed by atoms with Crippen LogP contribution in [0.4, 0.5) is 4.79 Å². The van der Waals surface area contributed by atoms with Crippen molar-refractivity contribution in [3.63, 3.8) is 0 Å². The zero-order valence-electron chi connectivity index (χ0n) is 11.3. The summed E-state index contributed by atoms with van der Waals surface area (Å²) in [5.74, 6) is 1.51. The minimum Gasteiger partial charge on any atom is -0.497 e. The van der Waals surface area contributed by atoms with E-state index in [0.717, 1.165) is 29.9 Å². The molecular weight excluding hydrogens is 246 g/mol. The van der Waals surface area contributed by atoms with Gasteiger partial charge in [-0.3, -0.25) is 0 Å². The molecule has 1 N–H and O–H groups in total. The maximum Gasteiger partial charge on any atom is 0.407 e. The van der Waals surface area contributed by atoms with Gasteiger partial charge in [-0.15, -0.1) is 0 Å². The van der Waals surface area contributed by atoms with Gasteiger partial charge in [-0.1, -0.05) is 0 Å². The van der Waals surface area contributed by atoms with Crippen molar-refractivity contribution in [1.82, 2.24) is 5.32 Å². The predicted octanol–water partition coefficient (Wildman–Crippen LogP) is 2.66. The number of rotatable bonds is 3. The van der Waals surface area contributed by atoms with Crippen LogP contribution in [0.25, 0.3) is 0 Å². The summed E-state index contributed by atoms with van der Waals surface area (Å²) in [5.41, 5.74) is 0.964. The summed E-state index contributed by atoms with van der Waals surface area (Å²) in [7, 11) is 1.62. The lowest BCUT2D eigenvalue weighted by Gasteiger charge is -2.18. The van der Waals surface area contributed by atoms with E-state index in [0.29, 0.717) is 13.2 Å². The van der Waals surface area contributed by atoms with Crippen molar-refractivity contribution in [3.05, 3.63) is 23.8 Å². The lowest BCUT2D eigenvalue weighted by atomic mass is 10.0. The number of hydrogen-bond donors (Lipinski definition) is 1. The molecule has 1 amide bonds. The van der Waals surface area contributed by atoms with Crippen LogP contribution in [-0.2, 0) is 4.74 Å². The van der Waals surface area contributed by atoms with E-state index in [9.17, 15) is 4.79 Å². The summed E-state index contributed by atoms with van der Waals surface area (Å²) in [6, 6.07) is 5.56. The molecule has 0 radical (unpaired) electrons. The first-order chi connectivity index (χ1) is 9.24. The topological polar surface area (TPSA) is 56.8 Å². The Balaban J connectivity index is 2.20. The number of nitrogens with one attached hydrogen (secondary N) is 1. The zero-order valence-corrected chi connectivity index (χ0v) is 11.3. The summed E-state index contributed by atoms with van der Waals surface area (Å²) >= 11 is 0. The minimum atomic E-state index is -0.392. The first-order valence-electron chi connectivity index (χ1n) is 6.48. The van der Waals surface area contributed by atoms with Gasteiger partial charge in [0.2, 0.25) is 0 Å². The molecule has 1 aromatic rings. The van der Waals surface area contributed by atoms with Gasteiger partial charge in [0.05, 0.1) is 26.4 Å². The van der Waals surface area contributed by atoms with Crippen LogP contribution in [0.15, 0.2) is 18.2 Å². The van der Waals surface area contributed by atoms with Crippen molar-refractivity contribution in [1.29, 1.82) is 0 Å². The second kappa shape index (κ2) is 6.31. The highest BCUT2D eigenvalue weighted by atomic mass is 16.5. The Morgan fingerprint density at radius 3 is 3.11 bits per heavy atom. The van der Waals surface area contributed by atoms with Crippen LogP contribution in [0, 0.1) is 0 Å². The fourth-order valence-electron chi connectivity index (χ4n) is 2.14. The number of carbonyl (C=O) groups excluding carboxylic acids is 1. The highest BCUT2D eigenvalue weighted by Crippen LogP contribution is 2.34. The van der Waals surface area contributed by atoms with Gasteiger partial charge in [0.25, 0.3) is 0 Å². The molecule has 104 valence electrons. The number of fused-ring (bicyclic) bond motifs is 1. The Morgan fingerprint density at radius 2 is 2.37 bits per heavy atom. The average molecular weight is 265 g/mol. The van der Waals surface area contributed by atoms with Crippen molar-refractivity contribution < 1.29 is 19.0 Å². The molecule has 5 heteroatoms. The van der Waals surface area contributed by atoms with E-state index in [-0.39, 0.29) is 6.04 Å². The first kappa shape index (κ1) is 13.5. The van der Waals surface area contributed by atoms with Crippen molar-refractivity contribution in [3.8, 4) is 11.5 Å². The Morgan fingerprint density at radius 1 is 1.53 bits per heavy atom. The molecule has 0 fully saturated rings. The van der Waals surface area contributed by atoms with Crippen LogP contribution in [-0.4, -0.2) is 26.4 Å². The van der Waals surface area contributed by atoms with E-state index in [1.165, 1.54) is 0 Å². The molecule has 0 saturated heterocycles. The van der Waals surface area contributed by atoms with Crippen LogP contribution in [0.2, 0.25) is 0 Å². The third kappa shape index (κ3) is 3.30. The molecule has 0 bridgehead atoms. The van der Waals surface area contributed by atoms with Crippen LogP contribution in [0.1, 0.15) is 31.4 Å². The molecule has 1 unspecified atom stereocenters. The van der Waals surface area contributed by atoms with Crippen molar-refractivity contribution in [2.24, 2.45) is 0 Å². The van der Waals surface area contributed by atoms with E-state index in [4.69, 9.17) is 14.2 Å². The van der Waals surface area contributed by atoms with Gasteiger partial charge in [0.15, 0.2) is 0 Å². The average Bonchev–Trinajstić information content (AvgIpc) is 2.61. The minimum absolute atomic E-state index is 0.0811. The van der Waals surface area contributed by atoms with Crippen LogP contribution >= 0.6 is 0 Å². The Kier molecular flexibility index (Phi) is 4.49. The summed E-state index contributed by atoms with van der Waals surface area (Å²) in [5, 5.41) is 2.87. The molecule has 19 heavy (non-hydrogen) atoms. The summed E-state index contributed by atoms with van der Waals surface area (Å²) < 4.78 is 15.8. The Labute approximate surface area is 112 Å². The second-order valence-electron chi connectivity index (χ2n) is 4.31. The number of amides is 1. The number of alkyl carbamates (subject to hydrolysis) is 1. The summed E-state index contributed by atoms with van der Waals surface area (Å²) in [4.78, 5) is 11.6. The number of hydrogen-bond acceptors (Lipinski definition) is 4. The lowest BCUT2D eigenvalue weighted by Crippen LogP contribution is -2.28. The third-order valence-corrected chi connectivity index (χ3v) is 3.06. The maximum atomic E-state index is 11.6. The van der Waals surface area contributed by atoms with E-state index < -0.39 is 6.09 Å². The molecule has 5 nitrogen and oxygen atoms in total. The SMILES string of the molecule is CCOC(=O)NC1CCCOc2cc(OC)ccc21. The van der Waals surface area contributed by atoms with Gasteiger partial charge in [-0.2, -0.15) is 0 Å². The Bertz CT molecular complexity index is 447. The number of benzene rings is 1. The largest absolute Gasteiger partial charge is 0.497 e. The molecule has 0 spiro atoms. The molecule has 1 heterocycles.